The number of hydrogen-bond donors (Lipinski definition) is 1. The first-order chi connectivity index (χ1) is 9.28. The summed E-state index contributed by atoms with van der Waals surface area (Å²) in [6, 6.07) is 6.61. The number of anilines is 1. The molecule has 1 saturated heterocycles. The van der Waals surface area contributed by atoms with E-state index >= 15 is 0 Å². The summed E-state index contributed by atoms with van der Waals surface area (Å²) in [5.41, 5.74) is 0.184. The zero-order valence-corrected chi connectivity index (χ0v) is 12.5. The maximum absolute atomic E-state index is 11.4. The number of carbonyl (C=O) groups is 1. The van der Waals surface area contributed by atoms with Gasteiger partial charge in [0.1, 0.15) is 0 Å². The van der Waals surface area contributed by atoms with Crippen LogP contribution in [0.15, 0.2) is 29.2 Å². The molecule has 5 nitrogen and oxygen atoms in total. The first kappa shape index (κ1) is 14.8. The number of sulfone groups is 1. The lowest BCUT2D eigenvalue weighted by atomic mass is 9.84. The van der Waals surface area contributed by atoms with Crippen molar-refractivity contribution in [3.8, 4) is 0 Å². The standard InChI is InChI=1S/C14H19NO4S/c1-3-14(13(16)17)8-9-15(10-14)11-4-6-12(7-5-11)20(2,18)19/h4-7H,3,8-10H2,1-2H3,(H,16,17). The van der Waals surface area contributed by atoms with Gasteiger partial charge in [-0.25, -0.2) is 8.42 Å². The lowest BCUT2D eigenvalue weighted by molar-refractivity contribution is -0.147. The molecule has 20 heavy (non-hydrogen) atoms. The lowest BCUT2D eigenvalue weighted by Gasteiger charge is -2.24. The molecular formula is C14H19NO4S. The summed E-state index contributed by atoms with van der Waals surface area (Å²) < 4.78 is 22.8. The molecule has 1 aromatic rings. The molecule has 1 aliphatic heterocycles. The van der Waals surface area contributed by atoms with Crippen LogP contribution in [-0.2, 0) is 14.6 Å². The summed E-state index contributed by atoms with van der Waals surface area (Å²) in [6.07, 6.45) is 2.39. The number of carboxylic acid groups (broad SMARTS) is 1. The molecular weight excluding hydrogens is 278 g/mol. The first-order valence-corrected chi connectivity index (χ1v) is 8.46. The zero-order valence-electron chi connectivity index (χ0n) is 11.7. The van der Waals surface area contributed by atoms with E-state index in [0.29, 0.717) is 25.9 Å². The number of aliphatic carboxylic acids is 1. The largest absolute Gasteiger partial charge is 0.481 e. The molecule has 2 rings (SSSR count). The van der Waals surface area contributed by atoms with Crippen LogP contribution < -0.4 is 4.90 Å². The normalized spacial score (nSPS) is 23.0. The minimum Gasteiger partial charge on any atom is -0.481 e. The third kappa shape index (κ3) is 2.65. The molecule has 0 spiro atoms. The molecule has 1 aliphatic rings. The molecule has 0 aromatic heterocycles. The molecule has 0 bridgehead atoms. The highest BCUT2D eigenvalue weighted by atomic mass is 32.2. The van der Waals surface area contributed by atoms with E-state index in [1.807, 2.05) is 11.8 Å². The van der Waals surface area contributed by atoms with Gasteiger partial charge in [0.05, 0.1) is 10.3 Å². The summed E-state index contributed by atoms with van der Waals surface area (Å²) >= 11 is 0. The van der Waals surface area contributed by atoms with Crippen LogP contribution in [0.2, 0.25) is 0 Å². The Balaban J connectivity index is 2.21. The number of benzene rings is 1. The fourth-order valence-electron chi connectivity index (χ4n) is 2.61. The molecule has 0 radical (unpaired) electrons. The number of rotatable bonds is 4. The number of hydrogen-bond acceptors (Lipinski definition) is 4. The van der Waals surface area contributed by atoms with E-state index in [4.69, 9.17) is 0 Å². The quantitative estimate of drug-likeness (QED) is 0.917. The SMILES string of the molecule is CCC1(C(=O)O)CCN(c2ccc(S(C)(=O)=O)cc2)C1. The topological polar surface area (TPSA) is 74.7 Å². The van der Waals surface area contributed by atoms with Gasteiger partial charge in [0.25, 0.3) is 0 Å². The monoisotopic (exact) mass is 297 g/mol. The summed E-state index contributed by atoms with van der Waals surface area (Å²) in [6.45, 7) is 3.04. The molecule has 6 heteroatoms. The molecule has 110 valence electrons. The lowest BCUT2D eigenvalue weighted by Crippen LogP contribution is -2.34. The van der Waals surface area contributed by atoms with Crippen LogP contribution in [-0.4, -0.2) is 38.8 Å². The summed E-state index contributed by atoms with van der Waals surface area (Å²) in [4.78, 5) is 13.7. The molecule has 1 N–H and O–H groups in total. The molecule has 0 amide bonds. The Labute approximate surface area is 119 Å². The second-order valence-corrected chi connectivity index (χ2v) is 7.39. The van der Waals surface area contributed by atoms with Gasteiger partial charge in [-0.05, 0) is 37.1 Å². The molecule has 1 unspecified atom stereocenters. The molecule has 0 aliphatic carbocycles. The van der Waals surface area contributed by atoms with Gasteiger partial charge in [-0.2, -0.15) is 0 Å². The average molecular weight is 297 g/mol. The Bertz CT molecular complexity index is 609. The van der Waals surface area contributed by atoms with Gasteiger partial charge in [-0.1, -0.05) is 6.92 Å². The zero-order chi connectivity index (χ0) is 15.0. The Hall–Kier alpha value is -1.56. The smallest absolute Gasteiger partial charge is 0.311 e. The van der Waals surface area contributed by atoms with E-state index in [9.17, 15) is 18.3 Å². The van der Waals surface area contributed by atoms with Crippen molar-refractivity contribution in [2.75, 3.05) is 24.2 Å². The van der Waals surface area contributed by atoms with Crippen LogP contribution in [0.5, 0.6) is 0 Å². The first-order valence-electron chi connectivity index (χ1n) is 6.57. The van der Waals surface area contributed by atoms with Crippen molar-refractivity contribution in [1.82, 2.24) is 0 Å². The molecule has 1 heterocycles. The molecule has 1 atom stereocenters. The van der Waals surface area contributed by atoms with Crippen molar-refractivity contribution >= 4 is 21.5 Å². The van der Waals surface area contributed by atoms with E-state index in [2.05, 4.69) is 0 Å². The molecule has 1 aromatic carbocycles. The van der Waals surface area contributed by atoms with Gasteiger partial charge in [0.15, 0.2) is 9.84 Å². The highest BCUT2D eigenvalue weighted by Gasteiger charge is 2.43. The van der Waals surface area contributed by atoms with Gasteiger partial charge >= 0.3 is 5.97 Å². The van der Waals surface area contributed by atoms with Crippen molar-refractivity contribution in [2.45, 2.75) is 24.7 Å². The Morgan fingerprint density at radius 2 is 1.95 bits per heavy atom. The van der Waals surface area contributed by atoms with E-state index < -0.39 is 21.2 Å². The second-order valence-electron chi connectivity index (χ2n) is 5.38. The van der Waals surface area contributed by atoms with E-state index in [0.717, 1.165) is 5.69 Å². The van der Waals surface area contributed by atoms with Crippen LogP contribution in [0.1, 0.15) is 19.8 Å². The average Bonchev–Trinajstić information content (AvgIpc) is 2.83. The van der Waals surface area contributed by atoms with Gasteiger partial charge in [-0.3, -0.25) is 4.79 Å². The van der Waals surface area contributed by atoms with Crippen LogP contribution in [0, 0.1) is 5.41 Å². The van der Waals surface area contributed by atoms with Gasteiger partial charge in [0.2, 0.25) is 0 Å². The van der Waals surface area contributed by atoms with Crippen molar-refractivity contribution in [3.05, 3.63) is 24.3 Å². The Morgan fingerprint density at radius 3 is 2.35 bits per heavy atom. The molecule has 1 fully saturated rings. The third-order valence-electron chi connectivity index (χ3n) is 4.11. The van der Waals surface area contributed by atoms with Gasteiger partial charge in [-0.15, -0.1) is 0 Å². The summed E-state index contributed by atoms with van der Waals surface area (Å²) in [5.74, 6) is -0.754. The fourth-order valence-corrected chi connectivity index (χ4v) is 3.24. The fraction of sp³-hybridized carbons (Fsp3) is 0.500. The summed E-state index contributed by atoms with van der Waals surface area (Å²) in [7, 11) is -3.20. The van der Waals surface area contributed by atoms with E-state index in [-0.39, 0.29) is 4.90 Å². The minimum atomic E-state index is -3.20. The predicted octanol–water partition coefficient (Wildman–Crippen LogP) is 1.78. The van der Waals surface area contributed by atoms with Crippen LogP contribution >= 0.6 is 0 Å². The number of nitrogens with zero attached hydrogens (tertiary/aromatic N) is 1. The highest BCUT2D eigenvalue weighted by molar-refractivity contribution is 7.90. The maximum Gasteiger partial charge on any atom is 0.311 e. The van der Waals surface area contributed by atoms with E-state index in [1.54, 1.807) is 24.3 Å². The second kappa shape index (κ2) is 5.09. The Kier molecular flexibility index (Phi) is 3.77. The Morgan fingerprint density at radius 1 is 1.35 bits per heavy atom. The van der Waals surface area contributed by atoms with Gasteiger partial charge in [0, 0.05) is 25.0 Å². The van der Waals surface area contributed by atoms with Gasteiger partial charge < -0.3 is 10.0 Å². The van der Waals surface area contributed by atoms with Crippen molar-refractivity contribution in [2.24, 2.45) is 5.41 Å². The van der Waals surface area contributed by atoms with Crippen LogP contribution in [0.25, 0.3) is 0 Å². The molecule has 0 saturated carbocycles. The van der Waals surface area contributed by atoms with Crippen LogP contribution in [0.3, 0.4) is 0 Å². The summed E-state index contributed by atoms with van der Waals surface area (Å²) in [5, 5.41) is 9.37. The van der Waals surface area contributed by atoms with Crippen molar-refractivity contribution < 1.29 is 18.3 Å². The minimum absolute atomic E-state index is 0.278. The maximum atomic E-state index is 11.4. The van der Waals surface area contributed by atoms with E-state index in [1.165, 1.54) is 6.26 Å². The third-order valence-corrected chi connectivity index (χ3v) is 5.24. The highest BCUT2D eigenvalue weighted by Crippen LogP contribution is 2.36. The van der Waals surface area contributed by atoms with Crippen molar-refractivity contribution in [1.29, 1.82) is 0 Å². The van der Waals surface area contributed by atoms with Crippen LogP contribution in [0.4, 0.5) is 5.69 Å². The predicted molar refractivity (Wildman–Crippen MR) is 76.7 cm³/mol. The number of carboxylic acids is 1. The van der Waals surface area contributed by atoms with Crippen molar-refractivity contribution in [3.63, 3.8) is 0 Å².